The molecule has 5 heteroatoms. The van der Waals surface area contributed by atoms with Crippen LogP contribution in [0.2, 0.25) is 0 Å². The summed E-state index contributed by atoms with van der Waals surface area (Å²) in [5, 5.41) is 9.71. The van der Waals surface area contributed by atoms with E-state index < -0.39 is 11.9 Å². The summed E-state index contributed by atoms with van der Waals surface area (Å²) in [4.78, 5) is 13.4. The highest BCUT2D eigenvalue weighted by Crippen LogP contribution is 2.20. The summed E-state index contributed by atoms with van der Waals surface area (Å²) in [7, 11) is 0. The van der Waals surface area contributed by atoms with Crippen molar-refractivity contribution in [3.63, 3.8) is 0 Å². The first-order valence-electron chi connectivity index (χ1n) is 4.62. The summed E-state index contributed by atoms with van der Waals surface area (Å²) in [5.41, 5.74) is 1.84. The van der Waals surface area contributed by atoms with Crippen LogP contribution >= 0.6 is 12.6 Å². The molecule has 2 rings (SSSR count). The summed E-state index contributed by atoms with van der Waals surface area (Å²) in [6.45, 7) is 0. The zero-order valence-corrected chi connectivity index (χ0v) is 8.83. The number of H-pyrrole nitrogens is 1. The van der Waals surface area contributed by atoms with E-state index in [0.29, 0.717) is 23.3 Å². The second-order valence-electron chi connectivity index (χ2n) is 3.30. The van der Waals surface area contributed by atoms with Crippen molar-refractivity contribution in [1.82, 2.24) is 4.98 Å². The first-order chi connectivity index (χ1) is 7.20. The van der Waals surface area contributed by atoms with Gasteiger partial charge in [0.1, 0.15) is 0 Å². The molecule has 1 heterocycles. The zero-order chi connectivity index (χ0) is 10.8. The Morgan fingerprint density at radius 3 is 3.07 bits per heavy atom. The molecule has 1 aromatic carbocycles. The van der Waals surface area contributed by atoms with Crippen LogP contribution in [0.3, 0.4) is 0 Å². The molecule has 15 heavy (non-hydrogen) atoms. The van der Waals surface area contributed by atoms with Gasteiger partial charge in [0.15, 0.2) is 5.58 Å². The predicted octanol–water partition coefficient (Wildman–Crippen LogP) is 1.47. The Bertz CT molecular complexity index is 517. The Morgan fingerprint density at radius 1 is 1.53 bits per heavy atom. The van der Waals surface area contributed by atoms with Crippen LogP contribution in [0.25, 0.3) is 11.1 Å². The zero-order valence-electron chi connectivity index (χ0n) is 7.93. The lowest BCUT2D eigenvalue weighted by Crippen LogP contribution is -1.97. The largest absolute Gasteiger partial charge is 0.417 e. The second-order valence-corrected chi connectivity index (χ2v) is 3.75. The number of fused-ring (bicyclic) bond motifs is 1. The van der Waals surface area contributed by atoms with E-state index in [1.54, 1.807) is 18.2 Å². The summed E-state index contributed by atoms with van der Waals surface area (Å²) in [5.74, 6) is 0.127. The van der Waals surface area contributed by atoms with Gasteiger partial charge in [-0.1, -0.05) is 6.07 Å². The standard InChI is InChI=1S/C10H11NO3S/c12-8(3-4-15)6-1-2-7-9(5-6)14-10(13)11-7/h1-2,5,8,12,15H,3-4H2,(H,11,13). The van der Waals surface area contributed by atoms with E-state index in [1.807, 2.05) is 0 Å². The molecule has 0 aliphatic heterocycles. The lowest BCUT2D eigenvalue weighted by atomic mass is 10.1. The molecular formula is C10H11NO3S. The van der Waals surface area contributed by atoms with E-state index in [-0.39, 0.29) is 0 Å². The summed E-state index contributed by atoms with van der Waals surface area (Å²) in [6.07, 6.45) is 0.00982. The molecule has 1 atom stereocenters. The average Bonchev–Trinajstić information content (AvgIpc) is 2.57. The molecular weight excluding hydrogens is 214 g/mol. The van der Waals surface area contributed by atoms with E-state index in [2.05, 4.69) is 17.6 Å². The van der Waals surface area contributed by atoms with Gasteiger partial charge in [0.2, 0.25) is 0 Å². The number of benzene rings is 1. The Labute approximate surface area is 91.3 Å². The lowest BCUT2D eigenvalue weighted by Gasteiger charge is -2.08. The van der Waals surface area contributed by atoms with Crippen molar-refractivity contribution < 1.29 is 9.52 Å². The van der Waals surface area contributed by atoms with Crippen LogP contribution in [-0.2, 0) is 0 Å². The third kappa shape index (κ3) is 2.08. The first kappa shape index (κ1) is 10.3. The van der Waals surface area contributed by atoms with E-state index in [4.69, 9.17) is 4.42 Å². The Balaban J connectivity index is 2.41. The van der Waals surface area contributed by atoms with Crippen LogP contribution in [0.15, 0.2) is 27.4 Å². The summed E-state index contributed by atoms with van der Waals surface area (Å²) >= 11 is 4.05. The van der Waals surface area contributed by atoms with Gasteiger partial charge in [-0.05, 0) is 29.9 Å². The monoisotopic (exact) mass is 225 g/mol. The third-order valence-electron chi connectivity index (χ3n) is 2.23. The molecule has 1 unspecified atom stereocenters. The van der Waals surface area contributed by atoms with Gasteiger partial charge in [-0.2, -0.15) is 12.6 Å². The van der Waals surface area contributed by atoms with Gasteiger partial charge in [0.05, 0.1) is 11.6 Å². The SMILES string of the molecule is O=c1[nH]c2ccc(C(O)CCS)cc2o1. The van der Waals surface area contributed by atoms with E-state index in [0.717, 1.165) is 5.56 Å². The van der Waals surface area contributed by atoms with Crippen molar-refractivity contribution in [2.75, 3.05) is 5.75 Å². The van der Waals surface area contributed by atoms with Crippen molar-refractivity contribution >= 4 is 23.7 Å². The molecule has 80 valence electrons. The number of hydrogen-bond acceptors (Lipinski definition) is 4. The maximum atomic E-state index is 10.9. The highest BCUT2D eigenvalue weighted by Gasteiger charge is 2.09. The van der Waals surface area contributed by atoms with Crippen LogP contribution in [0.1, 0.15) is 18.1 Å². The van der Waals surface area contributed by atoms with Crippen LogP contribution < -0.4 is 5.76 Å². The van der Waals surface area contributed by atoms with Crippen molar-refractivity contribution in [2.24, 2.45) is 0 Å². The van der Waals surface area contributed by atoms with E-state index >= 15 is 0 Å². The Hall–Kier alpha value is -1.20. The fraction of sp³-hybridized carbons (Fsp3) is 0.300. The van der Waals surface area contributed by atoms with Crippen molar-refractivity contribution in [3.05, 3.63) is 34.3 Å². The van der Waals surface area contributed by atoms with Gasteiger partial charge in [0.25, 0.3) is 0 Å². The van der Waals surface area contributed by atoms with Crippen LogP contribution in [-0.4, -0.2) is 15.8 Å². The van der Waals surface area contributed by atoms with Crippen molar-refractivity contribution in [1.29, 1.82) is 0 Å². The summed E-state index contributed by atoms with van der Waals surface area (Å²) < 4.78 is 4.90. The summed E-state index contributed by atoms with van der Waals surface area (Å²) in [6, 6.07) is 5.15. The Kier molecular flexibility index (Phi) is 2.83. The molecule has 0 radical (unpaired) electrons. The number of aliphatic hydroxyl groups excluding tert-OH is 1. The minimum atomic E-state index is -0.563. The number of aliphatic hydroxyl groups is 1. The molecule has 2 aromatic rings. The molecule has 2 N–H and O–H groups in total. The topological polar surface area (TPSA) is 66.2 Å². The predicted molar refractivity (Wildman–Crippen MR) is 60.3 cm³/mol. The maximum Gasteiger partial charge on any atom is 0.417 e. The molecule has 0 spiro atoms. The maximum absolute atomic E-state index is 10.9. The molecule has 0 fully saturated rings. The number of oxazole rings is 1. The third-order valence-corrected chi connectivity index (χ3v) is 2.49. The van der Waals surface area contributed by atoms with Crippen LogP contribution in [0, 0.1) is 0 Å². The number of aromatic amines is 1. The molecule has 0 bridgehead atoms. The quantitative estimate of drug-likeness (QED) is 0.693. The number of thiol groups is 1. The minimum absolute atomic E-state index is 0.468. The average molecular weight is 225 g/mol. The van der Waals surface area contributed by atoms with Gasteiger partial charge in [-0.15, -0.1) is 0 Å². The normalized spacial score (nSPS) is 13.2. The lowest BCUT2D eigenvalue weighted by molar-refractivity contribution is 0.175. The van der Waals surface area contributed by atoms with E-state index in [1.165, 1.54) is 0 Å². The van der Waals surface area contributed by atoms with Crippen molar-refractivity contribution in [3.8, 4) is 0 Å². The van der Waals surface area contributed by atoms with Gasteiger partial charge in [-0.25, -0.2) is 4.79 Å². The van der Waals surface area contributed by atoms with Gasteiger partial charge >= 0.3 is 5.76 Å². The van der Waals surface area contributed by atoms with E-state index in [9.17, 15) is 9.90 Å². The molecule has 0 amide bonds. The highest BCUT2D eigenvalue weighted by molar-refractivity contribution is 7.80. The van der Waals surface area contributed by atoms with Gasteiger partial charge in [0, 0.05) is 0 Å². The molecule has 0 saturated carbocycles. The molecule has 4 nitrogen and oxygen atoms in total. The molecule has 1 aromatic heterocycles. The number of nitrogens with one attached hydrogen (secondary N) is 1. The number of aromatic nitrogens is 1. The second kappa shape index (κ2) is 4.12. The van der Waals surface area contributed by atoms with Gasteiger partial charge in [-0.3, -0.25) is 4.98 Å². The minimum Gasteiger partial charge on any atom is -0.408 e. The van der Waals surface area contributed by atoms with Crippen LogP contribution in [0.4, 0.5) is 0 Å². The number of hydrogen-bond donors (Lipinski definition) is 3. The Morgan fingerprint density at radius 2 is 2.33 bits per heavy atom. The van der Waals surface area contributed by atoms with Crippen LogP contribution in [0.5, 0.6) is 0 Å². The smallest absolute Gasteiger partial charge is 0.408 e. The molecule has 0 saturated heterocycles. The highest BCUT2D eigenvalue weighted by atomic mass is 32.1. The number of rotatable bonds is 3. The fourth-order valence-electron chi connectivity index (χ4n) is 1.46. The van der Waals surface area contributed by atoms with Gasteiger partial charge < -0.3 is 9.52 Å². The fourth-order valence-corrected chi connectivity index (χ4v) is 1.70. The molecule has 0 aliphatic rings. The molecule has 0 aliphatic carbocycles. The first-order valence-corrected chi connectivity index (χ1v) is 5.25. The van der Waals surface area contributed by atoms with Crippen molar-refractivity contribution in [2.45, 2.75) is 12.5 Å².